The average Bonchev–Trinajstić information content (AvgIpc) is 2.59. The number of piperidine rings is 1. The van der Waals surface area contributed by atoms with E-state index >= 15 is 0 Å². The second-order valence-corrected chi connectivity index (χ2v) is 6.02. The lowest BCUT2D eigenvalue weighted by molar-refractivity contribution is -0.225. The molecule has 0 aliphatic carbocycles. The minimum atomic E-state index is -1.02. The molecule has 0 amide bonds. The molecule has 4 heteroatoms. The van der Waals surface area contributed by atoms with Crippen molar-refractivity contribution in [1.82, 2.24) is 4.90 Å². The van der Waals surface area contributed by atoms with Gasteiger partial charge in [-0.05, 0) is 5.41 Å². The van der Waals surface area contributed by atoms with Gasteiger partial charge in [-0.25, -0.2) is 4.39 Å². The Kier molecular flexibility index (Phi) is 3.25. The molecule has 1 spiro atoms. The van der Waals surface area contributed by atoms with E-state index in [9.17, 15) is 4.39 Å². The van der Waals surface area contributed by atoms with Gasteiger partial charge < -0.3 is 9.47 Å². The van der Waals surface area contributed by atoms with Crippen LogP contribution in [0.1, 0.15) is 27.2 Å². The molecule has 2 heterocycles. The average molecular weight is 231 g/mol. The SMILES string of the molecule is CC(C)(C)CN1CCC2(OCCO2)C(F)C1. The molecule has 0 saturated carbocycles. The molecule has 0 bridgehead atoms. The molecule has 0 aromatic rings. The third-order valence-corrected chi connectivity index (χ3v) is 3.15. The third-order valence-electron chi connectivity index (χ3n) is 3.15. The van der Waals surface area contributed by atoms with Crippen molar-refractivity contribution in [3.8, 4) is 0 Å². The van der Waals surface area contributed by atoms with Gasteiger partial charge >= 0.3 is 0 Å². The summed E-state index contributed by atoms with van der Waals surface area (Å²) in [7, 11) is 0. The highest BCUT2D eigenvalue weighted by Crippen LogP contribution is 2.34. The fourth-order valence-corrected chi connectivity index (χ4v) is 2.54. The summed E-state index contributed by atoms with van der Waals surface area (Å²) in [4.78, 5) is 2.17. The van der Waals surface area contributed by atoms with Gasteiger partial charge in [0.25, 0.3) is 0 Å². The third kappa shape index (κ3) is 2.55. The molecular formula is C12H22FNO2. The summed E-state index contributed by atoms with van der Waals surface area (Å²) in [6.45, 7) is 9.78. The summed E-state index contributed by atoms with van der Waals surface area (Å²) in [6, 6.07) is 0. The van der Waals surface area contributed by atoms with Crippen LogP contribution in [0, 0.1) is 5.41 Å². The Morgan fingerprint density at radius 2 is 1.94 bits per heavy atom. The Hall–Kier alpha value is -0.190. The fraction of sp³-hybridized carbons (Fsp3) is 1.00. The van der Waals surface area contributed by atoms with E-state index in [1.54, 1.807) is 0 Å². The summed E-state index contributed by atoms with van der Waals surface area (Å²) in [5.41, 5.74) is 0.210. The first kappa shape index (κ1) is 12.3. The predicted octanol–water partition coefficient (Wildman–Crippen LogP) is 1.82. The van der Waals surface area contributed by atoms with Crippen molar-refractivity contribution in [3.63, 3.8) is 0 Å². The Balaban J connectivity index is 1.92. The Morgan fingerprint density at radius 3 is 2.44 bits per heavy atom. The number of nitrogens with zero attached hydrogens (tertiary/aromatic N) is 1. The molecule has 94 valence electrons. The first-order valence-electron chi connectivity index (χ1n) is 6.06. The first-order valence-corrected chi connectivity index (χ1v) is 6.06. The van der Waals surface area contributed by atoms with Crippen molar-refractivity contribution in [2.45, 2.75) is 39.2 Å². The molecule has 0 aromatic heterocycles. The number of hydrogen-bond acceptors (Lipinski definition) is 3. The molecule has 0 N–H and O–H groups in total. The molecule has 2 rings (SSSR count). The normalized spacial score (nSPS) is 31.1. The molecule has 2 aliphatic rings. The van der Waals surface area contributed by atoms with Crippen LogP contribution < -0.4 is 0 Å². The van der Waals surface area contributed by atoms with Crippen molar-refractivity contribution in [3.05, 3.63) is 0 Å². The zero-order valence-electron chi connectivity index (χ0n) is 10.5. The van der Waals surface area contributed by atoms with E-state index in [1.807, 2.05) is 0 Å². The second kappa shape index (κ2) is 4.24. The molecule has 2 saturated heterocycles. The topological polar surface area (TPSA) is 21.7 Å². The minimum absolute atomic E-state index is 0.210. The highest BCUT2D eigenvalue weighted by atomic mass is 19.1. The zero-order valence-corrected chi connectivity index (χ0v) is 10.5. The first-order chi connectivity index (χ1) is 7.41. The summed E-state index contributed by atoms with van der Waals surface area (Å²) in [6.07, 6.45) is -0.379. The molecule has 2 aliphatic heterocycles. The van der Waals surface area contributed by atoms with Crippen LogP contribution in [0.2, 0.25) is 0 Å². The molecule has 1 unspecified atom stereocenters. The van der Waals surface area contributed by atoms with Gasteiger partial charge in [0.15, 0.2) is 6.17 Å². The van der Waals surface area contributed by atoms with Gasteiger partial charge in [0, 0.05) is 26.1 Å². The van der Waals surface area contributed by atoms with Gasteiger partial charge in [0.05, 0.1) is 13.2 Å². The van der Waals surface area contributed by atoms with Crippen LogP contribution in [-0.4, -0.2) is 49.7 Å². The monoisotopic (exact) mass is 231 g/mol. The quantitative estimate of drug-likeness (QED) is 0.687. The maximum atomic E-state index is 14.1. The van der Waals surface area contributed by atoms with Crippen LogP contribution in [-0.2, 0) is 9.47 Å². The van der Waals surface area contributed by atoms with Crippen molar-refractivity contribution in [2.75, 3.05) is 32.8 Å². The summed E-state index contributed by atoms with van der Waals surface area (Å²) in [5, 5.41) is 0. The number of halogens is 1. The van der Waals surface area contributed by atoms with Crippen molar-refractivity contribution < 1.29 is 13.9 Å². The lowest BCUT2D eigenvalue weighted by Crippen LogP contribution is -2.55. The molecule has 0 aromatic carbocycles. The van der Waals surface area contributed by atoms with Gasteiger partial charge in [-0.3, -0.25) is 4.90 Å². The maximum Gasteiger partial charge on any atom is 0.202 e. The van der Waals surface area contributed by atoms with Crippen LogP contribution in [0.4, 0.5) is 4.39 Å². The van der Waals surface area contributed by atoms with Crippen LogP contribution >= 0.6 is 0 Å². The number of rotatable bonds is 1. The van der Waals surface area contributed by atoms with Crippen LogP contribution in [0.3, 0.4) is 0 Å². The van der Waals surface area contributed by atoms with E-state index in [0.29, 0.717) is 26.2 Å². The standard InChI is InChI=1S/C12H22FNO2/c1-11(2,3)9-14-5-4-12(10(13)8-14)15-6-7-16-12/h10H,4-9H2,1-3H3. The van der Waals surface area contributed by atoms with E-state index in [2.05, 4.69) is 25.7 Å². The molecular weight excluding hydrogens is 209 g/mol. The summed E-state index contributed by atoms with van der Waals surface area (Å²) >= 11 is 0. The van der Waals surface area contributed by atoms with Gasteiger partial charge in [-0.2, -0.15) is 0 Å². The lowest BCUT2D eigenvalue weighted by atomic mass is 9.93. The highest BCUT2D eigenvalue weighted by molar-refractivity contribution is 4.91. The van der Waals surface area contributed by atoms with Crippen molar-refractivity contribution in [1.29, 1.82) is 0 Å². The van der Waals surface area contributed by atoms with Crippen LogP contribution in [0.5, 0.6) is 0 Å². The smallest absolute Gasteiger partial charge is 0.202 e. The van der Waals surface area contributed by atoms with E-state index in [-0.39, 0.29) is 5.41 Å². The maximum absolute atomic E-state index is 14.1. The summed E-state index contributed by atoms with van der Waals surface area (Å²) < 4.78 is 25.0. The van der Waals surface area contributed by atoms with Crippen molar-refractivity contribution in [2.24, 2.45) is 5.41 Å². The lowest BCUT2D eigenvalue weighted by Gasteiger charge is -2.42. The summed E-state index contributed by atoms with van der Waals surface area (Å²) in [5.74, 6) is -0.922. The van der Waals surface area contributed by atoms with Crippen molar-refractivity contribution >= 4 is 0 Å². The number of ether oxygens (including phenoxy) is 2. The predicted molar refractivity (Wildman–Crippen MR) is 60.0 cm³/mol. The zero-order chi connectivity index (χ0) is 11.8. The molecule has 1 atom stereocenters. The minimum Gasteiger partial charge on any atom is -0.345 e. The second-order valence-electron chi connectivity index (χ2n) is 6.02. The molecule has 16 heavy (non-hydrogen) atoms. The number of alkyl halides is 1. The fourth-order valence-electron chi connectivity index (χ4n) is 2.54. The molecule has 0 radical (unpaired) electrons. The largest absolute Gasteiger partial charge is 0.345 e. The number of likely N-dealkylation sites (tertiary alicyclic amines) is 1. The van der Waals surface area contributed by atoms with E-state index in [4.69, 9.17) is 9.47 Å². The van der Waals surface area contributed by atoms with Crippen LogP contribution in [0.15, 0.2) is 0 Å². The van der Waals surface area contributed by atoms with Gasteiger partial charge in [-0.1, -0.05) is 20.8 Å². The molecule has 3 nitrogen and oxygen atoms in total. The number of hydrogen-bond donors (Lipinski definition) is 0. The van der Waals surface area contributed by atoms with E-state index < -0.39 is 12.0 Å². The van der Waals surface area contributed by atoms with Gasteiger partial charge in [-0.15, -0.1) is 0 Å². The Morgan fingerprint density at radius 1 is 1.31 bits per heavy atom. The van der Waals surface area contributed by atoms with Gasteiger partial charge in [0.1, 0.15) is 0 Å². The van der Waals surface area contributed by atoms with E-state index in [0.717, 1.165) is 13.1 Å². The highest BCUT2D eigenvalue weighted by Gasteiger charge is 2.48. The van der Waals surface area contributed by atoms with E-state index in [1.165, 1.54) is 0 Å². The van der Waals surface area contributed by atoms with Gasteiger partial charge in [0.2, 0.25) is 5.79 Å². The Bertz CT molecular complexity index is 246. The molecule has 2 fully saturated rings. The van der Waals surface area contributed by atoms with Crippen LogP contribution in [0.25, 0.3) is 0 Å². The Labute approximate surface area is 96.9 Å².